The molecule has 156 valence electrons. The van der Waals surface area contributed by atoms with Crippen LogP contribution in [0, 0.1) is 0 Å². The molecule has 6 heteroatoms. The zero-order valence-corrected chi connectivity index (χ0v) is 17.2. The van der Waals surface area contributed by atoms with Crippen LogP contribution < -0.4 is 10.2 Å². The molecule has 4 rings (SSSR count). The lowest BCUT2D eigenvalue weighted by atomic mass is 10.0. The lowest BCUT2D eigenvalue weighted by Crippen LogP contribution is -2.18. The number of hydrogen-bond acceptors (Lipinski definition) is 5. The Bertz CT molecular complexity index is 1200. The topological polar surface area (TPSA) is 76.7 Å². The summed E-state index contributed by atoms with van der Waals surface area (Å²) in [5, 5.41) is 4.79. The predicted octanol–water partition coefficient (Wildman–Crippen LogP) is 5.44. The highest BCUT2D eigenvalue weighted by Gasteiger charge is 2.14. The summed E-state index contributed by atoms with van der Waals surface area (Å²) in [5.74, 6) is 0.478. The SMILES string of the molecule is CCCCOc1cccc(-c2cc(C(=O)N/N=C\c3ccoc3)c3ccccc3n2)c1. The standard InChI is InChI=1S/C25H23N3O3/c1-2-3-12-31-20-8-6-7-19(14-20)24-15-22(21-9-4-5-10-23(21)27-24)25(29)28-26-16-18-11-13-30-17-18/h4-11,13-17H,2-3,12H2,1H3,(H,28,29)/b26-16-. The van der Waals surface area contributed by atoms with Gasteiger partial charge in [-0.15, -0.1) is 0 Å². The fourth-order valence-electron chi connectivity index (χ4n) is 3.16. The predicted molar refractivity (Wildman–Crippen MR) is 121 cm³/mol. The minimum absolute atomic E-state index is 0.310. The van der Waals surface area contributed by atoms with Crippen LogP contribution in [-0.2, 0) is 0 Å². The second kappa shape index (κ2) is 9.71. The lowest BCUT2D eigenvalue weighted by Gasteiger charge is -2.10. The van der Waals surface area contributed by atoms with Gasteiger partial charge in [-0.05, 0) is 36.8 Å². The van der Waals surface area contributed by atoms with Crippen molar-refractivity contribution in [2.24, 2.45) is 5.10 Å². The van der Waals surface area contributed by atoms with Gasteiger partial charge in [-0.3, -0.25) is 4.79 Å². The summed E-state index contributed by atoms with van der Waals surface area (Å²) in [6.07, 6.45) is 6.70. The average Bonchev–Trinajstić information content (AvgIpc) is 3.32. The Labute approximate surface area is 180 Å². The molecule has 0 unspecified atom stereocenters. The van der Waals surface area contributed by atoms with Gasteiger partial charge in [0.2, 0.25) is 0 Å². The smallest absolute Gasteiger partial charge is 0.272 e. The van der Waals surface area contributed by atoms with Crippen LogP contribution in [0.2, 0.25) is 0 Å². The number of ether oxygens (including phenoxy) is 1. The van der Waals surface area contributed by atoms with E-state index in [-0.39, 0.29) is 5.91 Å². The van der Waals surface area contributed by atoms with Crippen molar-refractivity contribution in [3.63, 3.8) is 0 Å². The van der Waals surface area contributed by atoms with E-state index in [1.165, 1.54) is 6.21 Å². The number of carbonyl (C=O) groups is 1. The maximum Gasteiger partial charge on any atom is 0.272 e. The normalized spacial score (nSPS) is 11.1. The molecule has 2 heterocycles. The maximum atomic E-state index is 12.9. The van der Waals surface area contributed by atoms with Crippen LogP contribution in [0.25, 0.3) is 22.2 Å². The molecule has 0 aliphatic carbocycles. The van der Waals surface area contributed by atoms with Crippen LogP contribution in [-0.4, -0.2) is 23.7 Å². The van der Waals surface area contributed by atoms with E-state index in [0.717, 1.165) is 40.6 Å². The van der Waals surface area contributed by atoms with Crippen molar-refractivity contribution >= 4 is 23.0 Å². The first-order chi connectivity index (χ1) is 15.2. The molecule has 0 fully saturated rings. The van der Waals surface area contributed by atoms with E-state index in [4.69, 9.17) is 14.1 Å². The number of carbonyl (C=O) groups excluding carboxylic acids is 1. The van der Waals surface area contributed by atoms with Crippen molar-refractivity contribution in [3.8, 4) is 17.0 Å². The second-order valence-electron chi connectivity index (χ2n) is 7.06. The number of benzene rings is 2. The molecule has 2 aromatic carbocycles. The van der Waals surface area contributed by atoms with E-state index in [0.29, 0.717) is 17.9 Å². The molecule has 0 aliphatic heterocycles. The highest BCUT2D eigenvalue weighted by molar-refractivity contribution is 6.07. The second-order valence-corrected chi connectivity index (χ2v) is 7.06. The molecule has 0 aliphatic rings. The van der Waals surface area contributed by atoms with E-state index in [2.05, 4.69) is 17.5 Å². The number of fused-ring (bicyclic) bond motifs is 1. The summed E-state index contributed by atoms with van der Waals surface area (Å²) in [7, 11) is 0. The van der Waals surface area contributed by atoms with Crippen LogP contribution >= 0.6 is 0 Å². The van der Waals surface area contributed by atoms with Crippen molar-refractivity contribution in [2.75, 3.05) is 6.61 Å². The van der Waals surface area contributed by atoms with Crippen molar-refractivity contribution in [3.05, 3.63) is 84.3 Å². The van der Waals surface area contributed by atoms with Gasteiger partial charge in [0, 0.05) is 16.5 Å². The van der Waals surface area contributed by atoms with Gasteiger partial charge in [-0.1, -0.05) is 43.7 Å². The molecule has 1 amide bonds. The number of rotatable bonds is 8. The molecule has 6 nitrogen and oxygen atoms in total. The minimum Gasteiger partial charge on any atom is -0.494 e. The number of hydrazone groups is 1. The van der Waals surface area contributed by atoms with Gasteiger partial charge in [-0.2, -0.15) is 5.10 Å². The first-order valence-electron chi connectivity index (χ1n) is 10.2. The zero-order valence-electron chi connectivity index (χ0n) is 17.2. The van der Waals surface area contributed by atoms with Gasteiger partial charge in [0.15, 0.2) is 0 Å². The largest absolute Gasteiger partial charge is 0.494 e. The summed E-state index contributed by atoms with van der Waals surface area (Å²) >= 11 is 0. The number of nitrogens with one attached hydrogen (secondary N) is 1. The van der Waals surface area contributed by atoms with E-state index < -0.39 is 0 Å². The number of amides is 1. The number of para-hydroxylation sites is 1. The molecular formula is C25H23N3O3. The molecular weight excluding hydrogens is 390 g/mol. The van der Waals surface area contributed by atoms with Crippen molar-refractivity contribution in [1.29, 1.82) is 0 Å². The summed E-state index contributed by atoms with van der Waals surface area (Å²) in [5.41, 5.74) is 6.18. The number of furan rings is 1. The summed E-state index contributed by atoms with van der Waals surface area (Å²) in [6, 6.07) is 18.9. The van der Waals surface area contributed by atoms with Crippen molar-refractivity contribution in [2.45, 2.75) is 19.8 Å². The van der Waals surface area contributed by atoms with Gasteiger partial charge >= 0.3 is 0 Å². The Morgan fingerprint density at radius 3 is 2.90 bits per heavy atom. The fraction of sp³-hybridized carbons (Fsp3) is 0.160. The Morgan fingerprint density at radius 2 is 2.06 bits per heavy atom. The molecule has 4 aromatic rings. The third kappa shape index (κ3) is 4.98. The fourth-order valence-corrected chi connectivity index (χ4v) is 3.16. The summed E-state index contributed by atoms with van der Waals surface area (Å²) in [6.45, 7) is 2.80. The zero-order chi connectivity index (χ0) is 21.5. The van der Waals surface area contributed by atoms with E-state index >= 15 is 0 Å². The molecule has 0 bridgehead atoms. The number of unbranched alkanes of at least 4 members (excludes halogenated alkanes) is 1. The van der Waals surface area contributed by atoms with E-state index in [1.54, 1.807) is 24.7 Å². The van der Waals surface area contributed by atoms with Crippen LogP contribution in [0.3, 0.4) is 0 Å². The van der Waals surface area contributed by atoms with Crippen LogP contribution in [0.15, 0.2) is 82.7 Å². The van der Waals surface area contributed by atoms with Crippen LogP contribution in [0.1, 0.15) is 35.7 Å². The van der Waals surface area contributed by atoms with Gasteiger partial charge in [0.05, 0.1) is 42.1 Å². The third-order valence-corrected chi connectivity index (χ3v) is 4.78. The average molecular weight is 413 g/mol. The number of hydrogen-bond donors (Lipinski definition) is 1. The molecule has 1 N–H and O–H groups in total. The Balaban J connectivity index is 1.65. The minimum atomic E-state index is -0.310. The number of aromatic nitrogens is 1. The van der Waals surface area contributed by atoms with Gasteiger partial charge in [0.25, 0.3) is 5.91 Å². The maximum absolute atomic E-state index is 12.9. The molecule has 0 saturated carbocycles. The first kappa shape index (κ1) is 20.3. The van der Waals surface area contributed by atoms with E-state index in [1.807, 2.05) is 48.5 Å². The summed E-state index contributed by atoms with van der Waals surface area (Å²) in [4.78, 5) is 17.7. The third-order valence-electron chi connectivity index (χ3n) is 4.78. The Morgan fingerprint density at radius 1 is 1.16 bits per heavy atom. The van der Waals surface area contributed by atoms with Gasteiger partial charge < -0.3 is 9.15 Å². The number of pyridine rings is 1. The molecule has 0 spiro atoms. The highest BCUT2D eigenvalue weighted by Crippen LogP contribution is 2.27. The van der Waals surface area contributed by atoms with Crippen LogP contribution in [0.4, 0.5) is 0 Å². The molecule has 0 atom stereocenters. The molecule has 0 saturated heterocycles. The van der Waals surface area contributed by atoms with Crippen molar-refractivity contribution < 1.29 is 13.9 Å². The van der Waals surface area contributed by atoms with Crippen LogP contribution in [0.5, 0.6) is 5.75 Å². The monoisotopic (exact) mass is 413 g/mol. The first-order valence-corrected chi connectivity index (χ1v) is 10.2. The van der Waals surface area contributed by atoms with Gasteiger partial charge in [-0.25, -0.2) is 10.4 Å². The molecule has 0 radical (unpaired) electrons. The quantitative estimate of drug-likeness (QED) is 0.237. The lowest BCUT2D eigenvalue weighted by molar-refractivity contribution is 0.0956. The van der Waals surface area contributed by atoms with Gasteiger partial charge in [0.1, 0.15) is 5.75 Å². The Kier molecular flexibility index (Phi) is 6.38. The molecule has 31 heavy (non-hydrogen) atoms. The van der Waals surface area contributed by atoms with Crippen molar-refractivity contribution in [1.82, 2.24) is 10.4 Å². The number of nitrogens with zero attached hydrogens (tertiary/aromatic N) is 2. The molecule has 2 aromatic heterocycles. The Hall–Kier alpha value is -3.93. The summed E-state index contributed by atoms with van der Waals surface area (Å²) < 4.78 is 10.8. The highest BCUT2D eigenvalue weighted by atomic mass is 16.5. The van der Waals surface area contributed by atoms with E-state index in [9.17, 15) is 4.79 Å².